The van der Waals surface area contributed by atoms with E-state index < -0.39 is 5.97 Å². The zero-order valence-corrected chi connectivity index (χ0v) is 23.0. The summed E-state index contributed by atoms with van der Waals surface area (Å²) in [5.74, 6) is 0.570. The lowest BCUT2D eigenvalue weighted by molar-refractivity contribution is -0.145. The molecule has 0 bridgehead atoms. The van der Waals surface area contributed by atoms with Crippen LogP contribution < -0.4 is 14.8 Å². The van der Waals surface area contributed by atoms with E-state index in [1.54, 1.807) is 14.0 Å². The average molecular weight is 564 g/mol. The topological polar surface area (TPSA) is 73.9 Å². The number of nitrogens with one attached hydrogen (secondary N) is 1. The summed E-state index contributed by atoms with van der Waals surface area (Å²) in [6.45, 7) is 6.12. The Labute approximate surface area is 225 Å². The minimum atomic E-state index is -0.455. The summed E-state index contributed by atoms with van der Waals surface area (Å²) in [6, 6.07) is 16.0. The van der Waals surface area contributed by atoms with Crippen LogP contribution >= 0.6 is 15.9 Å². The van der Waals surface area contributed by atoms with Crippen LogP contribution in [0.25, 0.3) is 16.3 Å². The molecule has 1 heterocycles. The van der Waals surface area contributed by atoms with Crippen LogP contribution in [0.5, 0.6) is 11.5 Å². The van der Waals surface area contributed by atoms with Gasteiger partial charge in [-0.05, 0) is 74.8 Å². The van der Waals surface area contributed by atoms with Crippen molar-refractivity contribution in [2.24, 2.45) is 5.41 Å². The molecule has 0 aromatic heterocycles. The number of carbonyl (C=O) groups is 2. The van der Waals surface area contributed by atoms with Crippen molar-refractivity contribution in [1.82, 2.24) is 0 Å². The number of anilines is 1. The molecule has 0 radical (unpaired) electrons. The number of halogens is 1. The summed E-state index contributed by atoms with van der Waals surface area (Å²) >= 11 is 3.59. The Bertz CT molecular complexity index is 1440. The number of Topliss-reactive ketones (excluding diaryl/α,β-unsaturated/α-hetero) is 1. The Kier molecular flexibility index (Phi) is 6.75. The molecule has 3 aromatic carbocycles. The van der Waals surface area contributed by atoms with Crippen molar-refractivity contribution in [2.45, 2.75) is 39.7 Å². The second kappa shape index (κ2) is 9.86. The summed E-state index contributed by atoms with van der Waals surface area (Å²) in [5, 5.41) is 5.95. The lowest BCUT2D eigenvalue weighted by Gasteiger charge is -2.40. The van der Waals surface area contributed by atoms with Crippen LogP contribution in [0.3, 0.4) is 0 Å². The minimum Gasteiger partial charge on any atom is -0.493 e. The van der Waals surface area contributed by atoms with Gasteiger partial charge in [-0.2, -0.15) is 0 Å². The van der Waals surface area contributed by atoms with Crippen LogP contribution in [0.15, 0.2) is 58.6 Å². The van der Waals surface area contributed by atoms with Crippen molar-refractivity contribution >= 4 is 49.7 Å². The lowest BCUT2D eigenvalue weighted by Crippen LogP contribution is -2.33. The van der Waals surface area contributed by atoms with Crippen molar-refractivity contribution in [1.29, 1.82) is 0 Å². The van der Waals surface area contributed by atoms with Gasteiger partial charge in [-0.25, -0.2) is 4.79 Å². The Hall–Kier alpha value is -3.32. The second-order valence-electron chi connectivity index (χ2n) is 10.2. The van der Waals surface area contributed by atoms with Crippen molar-refractivity contribution < 1.29 is 23.8 Å². The fourth-order valence-corrected chi connectivity index (χ4v) is 6.04. The number of benzene rings is 3. The molecule has 1 aliphatic carbocycles. The Morgan fingerprint density at radius 2 is 1.92 bits per heavy atom. The van der Waals surface area contributed by atoms with Crippen molar-refractivity contribution in [3.05, 3.63) is 69.7 Å². The van der Waals surface area contributed by atoms with Gasteiger partial charge in [0.1, 0.15) is 0 Å². The highest BCUT2D eigenvalue weighted by Gasteiger charge is 2.41. The average Bonchev–Trinajstić information content (AvgIpc) is 2.86. The zero-order valence-electron chi connectivity index (χ0n) is 21.4. The molecule has 0 fully saturated rings. The molecule has 5 rings (SSSR count). The van der Waals surface area contributed by atoms with Gasteiger partial charge in [0, 0.05) is 23.2 Å². The number of carbonyl (C=O) groups excluding carboxylic acids is 2. The van der Waals surface area contributed by atoms with E-state index in [1.165, 1.54) is 0 Å². The number of fused-ring (bicyclic) bond motifs is 4. The number of ketones is 1. The first-order valence-corrected chi connectivity index (χ1v) is 13.2. The van der Waals surface area contributed by atoms with Gasteiger partial charge in [0.2, 0.25) is 0 Å². The van der Waals surface area contributed by atoms with Crippen molar-refractivity contribution in [3.8, 4) is 11.5 Å². The smallest absolute Gasteiger partial charge is 0.344 e. The van der Waals surface area contributed by atoms with Crippen LogP contribution in [-0.4, -0.2) is 32.1 Å². The molecule has 192 valence electrons. The van der Waals surface area contributed by atoms with Gasteiger partial charge in [-0.1, -0.05) is 44.2 Å². The third-order valence-corrected chi connectivity index (χ3v) is 7.55. The van der Waals surface area contributed by atoms with E-state index in [0.29, 0.717) is 22.4 Å². The van der Waals surface area contributed by atoms with Gasteiger partial charge in [0.05, 0.1) is 24.2 Å². The fraction of sp³-hybridized carbons (Fsp3) is 0.333. The summed E-state index contributed by atoms with van der Waals surface area (Å²) in [5.41, 5.74) is 4.77. The Balaban J connectivity index is 1.63. The number of esters is 1. The monoisotopic (exact) mass is 563 g/mol. The molecule has 0 amide bonds. The zero-order chi connectivity index (χ0) is 26.3. The summed E-state index contributed by atoms with van der Waals surface area (Å²) in [6.07, 6.45) is 1.30. The third-order valence-electron chi connectivity index (χ3n) is 6.96. The maximum atomic E-state index is 13.7. The van der Waals surface area contributed by atoms with E-state index in [1.807, 2.05) is 24.3 Å². The van der Waals surface area contributed by atoms with Gasteiger partial charge < -0.3 is 19.5 Å². The molecule has 0 saturated carbocycles. The molecule has 3 aromatic rings. The minimum absolute atomic E-state index is 0.130. The number of methoxy groups -OCH3 is 1. The number of rotatable bonds is 6. The van der Waals surface area contributed by atoms with Crippen LogP contribution in [0.4, 0.5) is 5.69 Å². The SMILES string of the molecule is CCOC(=O)COc1c(Br)cc([C@H]2Nc3ccc4ccccc4c3C3=C2C(=O)CC(C)(C)C3)cc1OC. The van der Waals surface area contributed by atoms with E-state index >= 15 is 0 Å². The molecule has 37 heavy (non-hydrogen) atoms. The molecule has 7 heteroatoms. The maximum absolute atomic E-state index is 13.7. The summed E-state index contributed by atoms with van der Waals surface area (Å²) in [4.78, 5) is 25.5. The highest BCUT2D eigenvalue weighted by molar-refractivity contribution is 9.10. The summed E-state index contributed by atoms with van der Waals surface area (Å²) in [7, 11) is 1.55. The van der Waals surface area contributed by atoms with Gasteiger partial charge >= 0.3 is 5.97 Å². The highest BCUT2D eigenvalue weighted by atomic mass is 79.9. The quantitative estimate of drug-likeness (QED) is 0.330. The Morgan fingerprint density at radius 1 is 1.14 bits per heavy atom. The highest BCUT2D eigenvalue weighted by Crippen LogP contribution is 2.53. The summed E-state index contributed by atoms with van der Waals surface area (Å²) < 4.78 is 17.0. The van der Waals surface area contributed by atoms with E-state index in [2.05, 4.69) is 59.4 Å². The number of ether oxygens (including phenoxy) is 3. The van der Waals surface area contributed by atoms with Gasteiger partial charge in [0.25, 0.3) is 0 Å². The molecule has 2 aliphatic rings. The molecule has 1 atom stereocenters. The number of hydrogen-bond acceptors (Lipinski definition) is 6. The van der Waals surface area contributed by atoms with E-state index in [9.17, 15) is 9.59 Å². The molecular formula is C30H30BrNO5. The van der Waals surface area contributed by atoms with Crippen LogP contribution in [-0.2, 0) is 14.3 Å². The lowest BCUT2D eigenvalue weighted by atomic mass is 9.68. The van der Waals surface area contributed by atoms with Crippen LogP contribution in [0.2, 0.25) is 0 Å². The number of hydrogen-bond donors (Lipinski definition) is 1. The van der Waals surface area contributed by atoms with E-state index in [0.717, 1.165) is 45.2 Å². The molecular weight excluding hydrogens is 534 g/mol. The fourth-order valence-electron chi connectivity index (χ4n) is 5.47. The molecule has 6 nitrogen and oxygen atoms in total. The Morgan fingerprint density at radius 3 is 2.68 bits per heavy atom. The first-order chi connectivity index (χ1) is 17.7. The first kappa shape index (κ1) is 25.3. The van der Waals surface area contributed by atoms with Crippen molar-refractivity contribution in [2.75, 3.05) is 25.6 Å². The molecule has 1 aliphatic heterocycles. The standard InChI is InChI=1S/C30H30BrNO5/c1-5-36-25(34)16-37-29-21(31)12-18(13-24(29)35-4)28-27-20(14-30(2,3)15-23(27)33)26-19-9-7-6-8-17(19)10-11-22(26)32-28/h6-13,28,32H,5,14-16H2,1-4H3/t28-/m1/s1. The van der Waals surface area contributed by atoms with Crippen LogP contribution in [0, 0.1) is 5.41 Å². The largest absolute Gasteiger partial charge is 0.493 e. The normalized spacial score (nSPS) is 18.1. The van der Waals surface area contributed by atoms with Gasteiger partial charge in [-0.15, -0.1) is 0 Å². The second-order valence-corrected chi connectivity index (χ2v) is 11.1. The third kappa shape index (κ3) is 4.73. The van der Waals surface area contributed by atoms with E-state index in [-0.39, 0.29) is 30.5 Å². The molecule has 1 N–H and O–H groups in total. The predicted molar refractivity (Wildman–Crippen MR) is 148 cm³/mol. The molecule has 0 saturated heterocycles. The van der Waals surface area contributed by atoms with E-state index in [4.69, 9.17) is 14.2 Å². The molecule has 0 unspecified atom stereocenters. The first-order valence-electron chi connectivity index (χ1n) is 12.4. The van der Waals surface area contributed by atoms with Crippen LogP contribution in [0.1, 0.15) is 50.8 Å². The maximum Gasteiger partial charge on any atom is 0.344 e. The van der Waals surface area contributed by atoms with Gasteiger partial charge in [0.15, 0.2) is 23.9 Å². The predicted octanol–water partition coefficient (Wildman–Crippen LogP) is 6.86. The number of allylic oxidation sites excluding steroid dienone is 1. The van der Waals surface area contributed by atoms with Gasteiger partial charge in [-0.3, -0.25) is 4.79 Å². The van der Waals surface area contributed by atoms with Crippen molar-refractivity contribution in [3.63, 3.8) is 0 Å². The molecule has 0 spiro atoms.